The molecule has 2 aromatic rings. The molecule has 146 valence electrons. The first-order valence-electron chi connectivity index (χ1n) is 8.19. The van der Waals surface area contributed by atoms with Gasteiger partial charge in [0.25, 0.3) is 0 Å². The number of nitrogens with two attached hydrogens (primary N) is 1. The Hall–Kier alpha value is -2.87. The number of nitrogens with zero attached hydrogens (tertiary/aromatic N) is 1. The van der Waals surface area contributed by atoms with Gasteiger partial charge in [0.05, 0.1) is 27.3 Å². The molecule has 0 aliphatic carbocycles. The lowest BCUT2D eigenvalue weighted by atomic mass is 9.95. The van der Waals surface area contributed by atoms with E-state index in [1.807, 2.05) is 6.07 Å². The number of aliphatic hydroxyl groups is 1. The third-order valence-corrected chi connectivity index (χ3v) is 4.01. The van der Waals surface area contributed by atoms with Gasteiger partial charge in [-0.2, -0.15) is 0 Å². The highest BCUT2D eigenvalue weighted by Gasteiger charge is 2.26. The first kappa shape index (κ1) is 20.4. The fourth-order valence-corrected chi connectivity index (χ4v) is 2.50. The molecule has 27 heavy (non-hydrogen) atoms. The van der Waals surface area contributed by atoms with Crippen LogP contribution in [0.2, 0.25) is 0 Å². The van der Waals surface area contributed by atoms with Crippen molar-refractivity contribution in [2.75, 3.05) is 20.8 Å². The summed E-state index contributed by atoms with van der Waals surface area (Å²) < 4.78 is 37.3. The van der Waals surface area contributed by atoms with E-state index in [2.05, 4.69) is 10.3 Å². The van der Waals surface area contributed by atoms with Gasteiger partial charge in [0, 0.05) is 11.6 Å². The molecule has 0 saturated heterocycles. The molecule has 0 saturated carbocycles. The highest BCUT2D eigenvalue weighted by Crippen LogP contribution is 2.27. The average molecular weight is 379 g/mol. The van der Waals surface area contributed by atoms with E-state index >= 15 is 0 Å². The van der Waals surface area contributed by atoms with Crippen LogP contribution >= 0.6 is 0 Å². The minimum Gasteiger partial charge on any atom is -0.493 e. The summed E-state index contributed by atoms with van der Waals surface area (Å²) in [6.07, 6.45) is 0. The molecular formula is C19H23F2N3O3. The van der Waals surface area contributed by atoms with Crippen LogP contribution in [0.5, 0.6) is 11.5 Å². The summed E-state index contributed by atoms with van der Waals surface area (Å²) in [6, 6.07) is 8.36. The Bertz CT molecular complexity index is 826. The molecule has 0 bridgehead atoms. The normalized spacial score (nSPS) is 13.8. The predicted octanol–water partition coefficient (Wildman–Crippen LogP) is 2.29. The standard InChI is InChI=1S/C19H23F2N3O3/c1-19(25,14-6-5-13(20)9-15(14)21)11-24-18(22)23-10-12-4-7-16(26-2)17(8-12)27-3/h4-9,25H,10-11H2,1-3H3,(H3,22,23,24). The second-order valence-corrected chi connectivity index (χ2v) is 6.14. The van der Waals surface area contributed by atoms with Gasteiger partial charge in [0.2, 0.25) is 0 Å². The summed E-state index contributed by atoms with van der Waals surface area (Å²) in [5, 5.41) is 13.2. The van der Waals surface area contributed by atoms with Crippen LogP contribution in [0.15, 0.2) is 41.4 Å². The lowest BCUT2D eigenvalue weighted by Crippen LogP contribution is -2.42. The lowest BCUT2D eigenvalue weighted by molar-refractivity contribution is 0.0579. The Morgan fingerprint density at radius 3 is 2.48 bits per heavy atom. The van der Waals surface area contributed by atoms with Gasteiger partial charge in [-0.3, -0.25) is 0 Å². The van der Waals surface area contributed by atoms with E-state index in [-0.39, 0.29) is 24.6 Å². The van der Waals surface area contributed by atoms with Gasteiger partial charge in [0.1, 0.15) is 17.2 Å². The summed E-state index contributed by atoms with van der Waals surface area (Å²) in [7, 11) is 3.09. The molecule has 0 aliphatic heterocycles. The Kier molecular flexibility index (Phi) is 6.57. The van der Waals surface area contributed by atoms with Crippen molar-refractivity contribution in [2.45, 2.75) is 19.1 Å². The van der Waals surface area contributed by atoms with Crippen LogP contribution in [-0.2, 0) is 12.1 Å². The van der Waals surface area contributed by atoms with Gasteiger partial charge in [0.15, 0.2) is 17.5 Å². The van der Waals surface area contributed by atoms with E-state index in [1.54, 1.807) is 19.2 Å². The fraction of sp³-hybridized carbons (Fsp3) is 0.316. The van der Waals surface area contributed by atoms with Crippen molar-refractivity contribution in [1.82, 2.24) is 5.32 Å². The van der Waals surface area contributed by atoms with Crippen LogP contribution < -0.4 is 20.5 Å². The predicted molar refractivity (Wildman–Crippen MR) is 98.8 cm³/mol. The zero-order valence-electron chi connectivity index (χ0n) is 15.4. The van der Waals surface area contributed by atoms with E-state index < -0.39 is 17.2 Å². The molecule has 0 amide bonds. The van der Waals surface area contributed by atoms with Crippen LogP contribution in [0.3, 0.4) is 0 Å². The van der Waals surface area contributed by atoms with E-state index in [1.165, 1.54) is 20.1 Å². The third-order valence-electron chi connectivity index (χ3n) is 4.01. The van der Waals surface area contributed by atoms with Crippen molar-refractivity contribution in [2.24, 2.45) is 10.7 Å². The number of methoxy groups -OCH3 is 2. The van der Waals surface area contributed by atoms with E-state index in [0.29, 0.717) is 11.5 Å². The number of guanidine groups is 1. The molecule has 0 aliphatic rings. The number of hydrogen-bond acceptors (Lipinski definition) is 4. The molecule has 0 fully saturated rings. The first-order valence-corrected chi connectivity index (χ1v) is 8.19. The molecular weight excluding hydrogens is 356 g/mol. The summed E-state index contributed by atoms with van der Waals surface area (Å²) >= 11 is 0. The summed E-state index contributed by atoms with van der Waals surface area (Å²) in [6.45, 7) is 1.57. The van der Waals surface area contributed by atoms with Crippen LogP contribution in [-0.4, -0.2) is 31.8 Å². The Morgan fingerprint density at radius 2 is 1.85 bits per heavy atom. The molecule has 0 heterocycles. The van der Waals surface area contributed by atoms with Crippen LogP contribution in [0.4, 0.5) is 8.78 Å². The van der Waals surface area contributed by atoms with Crippen molar-refractivity contribution < 1.29 is 23.4 Å². The minimum atomic E-state index is -1.60. The molecule has 8 heteroatoms. The van der Waals surface area contributed by atoms with E-state index in [0.717, 1.165) is 17.7 Å². The second-order valence-electron chi connectivity index (χ2n) is 6.14. The average Bonchev–Trinajstić information content (AvgIpc) is 2.64. The largest absolute Gasteiger partial charge is 0.493 e. The highest BCUT2D eigenvalue weighted by molar-refractivity contribution is 5.77. The van der Waals surface area contributed by atoms with Gasteiger partial charge in [-0.15, -0.1) is 0 Å². The maximum absolute atomic E-state index is 13.9. The lowest BCUT2D eigenvalue weighted by Gasteiger charge is -2.25. The molecule has 0 aromatic heterocycles. The number of halogens is 2. The zero-order chi connectivity index (χ0) is 20.0. The number of nitrogens with one attached hydrogen (secondary N) is 1. The first-order chi connectivity index (χ1) is 12.8. The van der Waals surface area contributed by atoms with Crippen LogP contribution in [0, 0.1) is 11.6 Å². The summed E-state index contributed by atoms with van der Waals surface area (Å²) in [5.74, 6) is -0.286. The molecule has 2 rings (SSSR count). The fourth-order valence-electron chi connectivity index (χ4n) is 2.50. The van der Waals surface area contributed by atoms with Crippen molar-refractivity contribution in [3.63, 3.8) is 0 Å². The third kappa shape index (κ3) is 5.30. The van der Waals surface area contributed by atoms with Crippen LogP contribution in [0.1, 0.15) is 18.1 Å². The van der Waals surface area contributed by atoms with E-state index in [9.17, 15) is 13.9 Å². The Morgan fingerprint density at radius 1 is 1.15 bits per heavy atom. The van der Waals surface area contributed by atoms with Crippen molar-refractivity contribution in [3.05, 3.63) is 59.2 Å². The summed E-state index contributed by atoms with van der Waals surface area (Å²) in [4.78, 5) is 4.18. The van der Waals surface area contributed by atoms with Gasteiger partial charge in [-0.05, 0) is 30.7 Å². The SMILES string of the molecule is COc1ccc(CN=C(N)NCC(C)(O)c2ccc(F)cc2F)cc1OC. The van der Waals surface area contributed by atoms with Crippen molar-refractivity contribution in [3.8, 4) is 11.5 Å². The van der Waals surface area contributed by atoms with E-state index in [4.69, 9.17) is 15.2 Å². The second kappa shape index (κ2) is 8.68. The maximum Gasteiger partial charge on any atom is 0.189 e. The number of hydrogen-bond donors (Lipinski definition) is 3. The van der Waals surface area contributed by atoms with Crippen LogP contribution in [0.25, 0.3) is 0 Å². The molecule has 1 atom stereocenters. The van der Waals surface area contributed by atoms with Gasteiger partial charge < -0.3 is 25.6 Å². The van der Waals surface area contributed by atoms with Gasteiger partial charge in [-0.25, -0.2) is 13.8 Å². The minimum absolute atomic E-state index is 0.0379. The van der Waals surface area contributed by atoms with Crippen molar-refractivity contribution >= 4 is 5.96 Å². The van der Waals surface area contributed by atoms with Crippen molar-refractivity contribution in [1.29, 1.82) is 0 Å². The van der Waals surface area contributed by atoms with Gasteiger partial charge >= 0.3 is 0 Å². The highest BCUT2D eigenvalue weighted by atomic mass is 19.1. The number of ether oxygens (including phenoxy) is 2. The zero-order valence-corrected chi connectivity index (χ0v) is 15.4. The topological polar surface area (TPSA) is 89.1 Å². The van der Waals surface area contributed by atoms with Gasteiger partial charge in [-0.1, -0.05) is 12.1 Å². The molecule has 0 spiro atoms. The summed E-state index contributed by atoms with van der Waals surface area (Å²) in [5.41, 5.74) is 5.02. The molecule has 4 N–H and O–H groups in total. The monoisotopic (exact) mass is 379 g/mol. The number of benzene rings is 2. The maximum atomic E-state index is 13.9. The Labute approximate surface area is 156 Å². The molecule has 1 unspecified atom stereocenters. The quantitative estimate of drug-likeness (QED) is 0.507. The number of aliphatic imine (C=N–C) groups is 1. The Balaban J connectivity index is 2.01. The smallest absolute Gasteiger partial charge is 0.189 e. The molecule has 6 nitrogen and oxygen atoms in total. The molecule has 2 aromatic carbocycles. The molecule has 0 radical (unpaired) electrons. The number of rotatable bonds is 7.